The van der Waals surface area contributed by atoms with Crippen LogP contribution < -0.4 is 5.73 Å². The number of hydrogen-bond acceptors (Lipinski definition) is 18. The smallest absolute Gasteiger partial charge is 0.314 e. The number of allylic oxidation sites excluding steroid dienone is 12. The van der Waals surface area contributed by atoms with Crippen LogP contribution in [0.5, 0.6) is 0 Å². The van der Waals surface area contributed by atoms with Gasteiger partial charge >= 0.3 is 11.9 Å². The summed E-state index contributed by atoms with van der Waals surface area (Å²) in [5.74, 6) is -6.03. The number of nitrogens with two attached hydrogens (primary N) is 1. The molecule has 0 amide bonds. The Hall–Kier alpha value is -3.70. The van der Waals surface area contributed by atoms with Crippen LogP contribution in [-0.4, -0.2) is 167 Å². The lowest BCUT2D eigenvalue weighted by Crippen LogP contribution is -2.61. The summed E-state index contributed by atoms with van der Waals surface area (Å²) in [7, 11) is 0. The summed E-state index contributed by atoms with van der Waals surface area (Å²) >= 11 is 0. The predicted octanol–water partition coefficient (Wildman–Crippen LogP) is 1.36. The SMILES string of the molecule is C=CCOC(=O)[C@H]1C2C[C@@H](OC3O[C@H](C)[C@@H](O)[C@H](N)[C@H]3O)/C=C/C=C/C=C/C=C/C=C/C=C/C=C/[C@H](C)[C@@H](O)[C@@H](C)[C@H](C)OC(=O)C[C@H](O)C[C@H](O)CC[C@@H](O)[C@H](O)C[C@H](O)C[C@](O)(C[C@@H]1O)O2. The Morgan fingerprint density at radius 1 is 0.721 bits per heavy atom. The molecule has 2 bridgehead atoms. The van der Waals surface area contributed by atoms with Crippen molar-refractivity contribution in [3.63, 3.8) is 0 Å². The van der Waals surface area contributed by atoms with Crippen LogP contribution in [0, 0.1) is 17.8 Å². The third kappa shape index (κ3) is 19.6. The zero-order valence-electron chi connectivity index (χ0n) is 39.5. The molecule has 18 heteroatoms. The van der Waals surface area contributed by atoms with Gasteiger partial charge in [0.1, 0.15) is 24.7 Å². The summed E-state index contributed by atoms with van der Waals surface area (Å²) in [4.78, 5) is 26.1. The summed E-state index contributed by atoms with van der Waals surface area (Å²) in [6.45, 7) is 10.1. The standard InChI is InChI=1S/C50H77NO17/c1-6-23-64-48(62)43-40(57)29-50(63)28-36(54)25-39(56)38(55)22-21-34(52)24-35(53)26-42(58)65-32(4)31(3)45(59)30(2)19-17-15-13-11-9-7-8-10-12-14-16-18-20-37(27-41(43)68-50)67-49-47(61)44(51)46(60)33(5)66-49/h6-20,30-41,43-47,49,52-57,59-61,63H,1,21-29,51H2,2-5H3/b8-7+,11-9+,12-10+,15-13+,16-14+,19-17+,20-18+/t30-,31-,32-,33+,34+,35+,36-,37-,38+,39+,40-,41?,43+,44-,45+,46+,47+,49?,50+/m0/s1. The number of carbonyl (C=O) groups is 2. The average Bonchev–Trinajstić information content (AvgIpc) is 3.26. The van der Waals surface area contributed by atoms with Crippen LogP contribution in [0.1, 0.15) is 79.1 Å². The first kappa shape index (κ1) is 58.6. The van der Waals surface area contributed by atoms with Gasteiger partial charge in [-0.15, -0.1) is 0 Å². The van der Waals surface area contributed by atoms with E-state index in [-0.39, 0.29) is 38.2 Å². The van der Waals surface area contributed by atoms with Crippen LogP contribution in [0.15, 0.2) is 97.7 Å². The summed E-state index contributed by atoms with van der Waals surface area (Å²) < 4.78 is 28.8. The number of cyclic esters (lactones) is 1. The third-order valence-corrected chi connectivity index (χ3v) is 12.4. The number of aliphatic hydroxyl groups excluding tert-OH is 9. The molecule has 0 aromatic heterocycles. The van der Waals surface area contributed by atoms with Crippen molar-refractivity contribution in [1.82, 2.24) is 0 Å². The van der Waals surface area contributed by atoms with Crippen molar-refractivity contribution >= 4 is 11.9 Å². The molecule has 0 aromatic carbocycles. The van der Waals surface area contributed by atoms with Gasteiger partial charge in [0.15, 0.2) is 12.1 Å². The highest BCUT2D eigenvalue weighted by Crippen LogP contribution is 2.38. The minimum absolute atomic E-state index is 0.100. The molecular formula is C50H77NO17. The van der Waals surface area contributed by atoms with Crippen molar-refractivity contribution in [3.05, 3.63) is 97.7 Å². The molecule has 384 valence electrons. The van der Waals surface area contributed by atoms with Gasteiger partial charge in [-0.25, -0.2) is 0 Å². The van der Waals surface area contributed by atoms with E-state index in [1.165, 1.54) is 6.08 Å². The van der Waals surface area contributed by atoms with E-state index >= 15 is 0 Å². The Morgan fingerprint density at radius 2 is 1.31 bits per heavy atom. The lowest BCUT2D eigenvalue weighted by Gasteiger charge is -2.45. The van der Waals surface area contributed by atoms with E-state index in [9.17, 15) is 60.7 Å². The van der Waals surface area contributed by atoms with Gasteiger partial charge in [0.05, 0.1) is 79.6 Å². The molecule has 3 aliphatic heterocycles. The fraction of sp³-hybridized carbons (Fsp3) is 0.640. The second-order valence-corrected chi connectivity index (χ2v) is 18.1. The molecule has 0 aliphatic carbocycles. The molecule has 3 aliphatic rings. The second-order valence-electron chi connectivity index (χ2n) is 18.1. The summed E-state index contributed by atoms with van der Waals surface area (Å²) in [5, 5.41) is 109. The van der Waals surface area contributed by atoms with E-state index in [4.69, 9.17) is 29.4 Å². The van der Waals surface area contributed by atoms with E-state index in [0.717, 1.165) is 0 Å². The largest absolute Gasteiger partial charge is 0.462 e. The minimum atomic E-state index is -2.29. The fourth-order valence-corrected chi connectivity index (χ4v) is 8.19. The van der Waals surface area contributed by atoms with Gasteiger partial charge < -0.3 is 80.5 Å². The van der Waals surface area contributed by atoms with Gasteiger partial charge in [-0.2, -0.15) is 0 Å². The van der Waals surface area contributed by atoms with Gasteiger partial charge in [0.25, 0.3) is 0 Å². The molecule has 0 radical (unpaired) electrons. The number of aliphatic hydroxyl groups is 10. The van der Waals surface area contributed by atoms with Crippen molar-refractivity contribution in [2.45, 2.75) is 177 Å². The molecule has 0 saturated carbocycles. The first-order valence-electron chi connectivity index (χ1n) is 23.4. The number of carbonyl (C=O) groups excluding carboxylic acids is 2. The van der Waals surface area contributed by atoms with Crippen LogP contribution in [0.2, 0.25) is 0 Å². The highest BCUT2D eigenvalue weighted by Gasteiger charge is 2.51. The summed E-state index contributed by atoms with van der Waals surface area (Å²) in [6, 6.07) is -1.14. The van der Waals surface area contributed by atoms with Gasteiger partial charge in [0, 0.05) is 37.5 Å². The van der Waals surface area contributed by atoms with Crippen LogP contribution in [-0.2, 0) is 33.3 Å². The molecular weight excluding hydrogens is 887 g/mol. The van der Waals surface area contributed by atoms with E-state index in [2.05, 4.69) is 6.58 Å². The maximum Gasteiger partial charge on any atom is 0.314 e. The Labute approximate surface area is 399 Å². The highest BCUT2D eigenvalue weighted by atomic mass is 16.7. The van der Waals surface area contributed by atoms with Crippen molar-refractivity contribution < 1.29 is 84.3 Å². The molecule has 12 N–H and O–H groups in total. The number of esters is 2. The van der Waals surface area contributed by atoms with E-state index in [1.54, 1.807) is 75.5 Å². The minimum Gasteiger partial charge on any atom is -0.462 e. The molecule has 0 aromatic rings. The molecule has 18 nitrogen and oxygen atoms in total. The van der Waals surface area contributed by atoms with Gasteiger partial charge in [-0.1, -0.05) is 112 Å². The number of hydrogen-bond donors (Lipinski definition) is 11. The number of rotatable bonds is 5. The third-order valence-electron chi connectivity index (χ3n) is 12.4. The van der Waals surface area contributed by atoms with Gasteiger partial charge in [-0.05, 0) is 33.1 Å². The normalized spacial score (nSPS) is 43.9. The molecule has 2 fully saturated rings. The van der Waals surface area contributed by atoms with Crippen LogP contribution >= 0.6 is 0 Å². The van der Waals surface area contributed by atoms with Gasteiger partial charge in [0.2, 0.25) is 0 Å². The number of fused-ring (bicyclic) bond motifs is 2. The van der Waals surface area contributed by atoms with Crippen LogP contribution in [0.25, 0.3) is 0 Å². The summed E-state index contributed by atoms with van der Waals surface area (Å²) in [6.07, 6.45) is 5.55. The van der Waals surface area contributed by atoms with E-state index < -0.39 is 147 Å². The molecule has 2 unspecified atom stereocenters. The average molecular weight is 964 g/mol. The van der Waals surface area contributed by atoms with Crippen molar-refractivity contribution in [2.75, 3.05) is 6.61 Å². The molecule has 0 spiro atoms. The lowest BCUT2D eigenvalue weighted by atomic mass is 9.82. The Kier molecular flexibility index (Phi) is 25.4. The molecule has 3 heterocycles. The monoisotopic (exact) mass is 964 g/mol. The van der Waals surface area contributed by atoms with E-state index in [1.807, 2.05) is 37.3 Å². The van der Waals surface area contributed by atoms with Crippen LogP contribution in [0.4, 0.5) is 0 Å². The van der Waals surface area contributed by atoms with Crippen molar-refractivity contribution in [2.24, 2.45) is 23.5 Å². The molecule has 3 rings (SSSR count). The highest BCUT2D eigenvalue weighted by molar-refractivity contribution is 5.74. The molecule has 68 heavy (non-hydrogen) atoms. The van der Waals surface area contributed by atoms with Crippen molar-refractivity contribution in [1.29, 1.82) is 0 Å². The first-order chi connectivity index (χ1) is 32.2. The second kappa shape index (κ2) is 29.5. The first-order valence-corrected chi connectivity index (χ1v) is 23.4. The predicted molar refractivity (Wildman–Crippen MR) is 251 cm³/mol. The summed E-state index contributed by atoms with van der Waals surface area (Å²) in [5.41, 5.74) is 6.07. The maximum atomic E-state index is 13.4. The van der Waals surface area contributed by atoms with Gasteiger partial charge in [-0.3, -0.25) is 9.59 Å². The van der Waals surface area contributed by atoms with Crippen molar-refractivity contribution in [3.8, 4) is 0 Å². The number of ether oxygens (including phenoxy) is 5. The molecule has 19 atom stereocenters. The fourth-order valence-electron chi connectivity index (χ4n) is 8.19. The quantitative estimate of drug-likeness (QED) is 0.137. The topological polar surface area (TPSA) is 309 Å². The Bertz CT molecular complexity index is 1750. The maximum absolute atomic E-state index is 13.4. The Balaban J connectivity index is 1.91. The van der Waals surface area contributed by atoms with E-state index in [0.29, 0.717) is 0 Å². The zero-order chi connectivity index (χ0) is 50.6. The molecule has 2 saturated heterocycles. The van der Waals surface area contributed by atoms with Crippen LogP contribution in [0.3, 0.4) is 0 Å². The lowest BCUT2D eigenvalue weighted by molar-refractivity contribution is -0.309. The zero-order valence-corrected chi connectivity index (χ0v) is 39.5. The Morgan fingerprint density at radius 3 is 1.91 bits per heavy atom.